The van der Waals surface area contributed by atoms with Gasteiger partial charge in [-0.05, 0) is 24.6 Å². The Morgan fingerprint density at radius 2 is 1.74 bits per heavy atom. The molecule has 0 aliphatic carbocycles. The standard InChI is InChI=1S/C21H23NO4S/c1-15-9-11-18(12-10-15)27(24,25)20-13-19(26-3)16(2)22(21(20)23)14-17-7-5-4-6-8-17/h4-12,19-20H,2,13-14H2,1,3H3/t19-,20-/m0/s1. The first-order valence-electron chi connectivity index (χ1n) is 8.72. The maximum absolute atomic E-state index is 13.1. The molecule has 0 radical (unpaired) electrons. The van der Waals surface area contributed by atoms with Crippen molar-refractivity contribution in [2.75, 3.05) is 7.11 Å². The van der Waals surface area contributed by atoms with Gasteiger partial charge in [0.25, 0.3) is 0 Å². The average molecular weight is 385 g/mol. The summed E-state index contributed by atoms with van der Waals surface area (Å²) in [4.78, 5) is 14.7. The number of hydrogen-bond donors (Lipinski definition) is 0. The van der Waals surface area contributed by atoms with E-state index in [0.29, 0.717) is 5.70 Å². The zero-order valence-corrected chi connectivity index (χ0v) is 16.3. The zero-order chi connectivity index (χ0) is 19.6. The number of methoxy groups -OCH3 is 1. The Kier molecular flexibility index (Phi) is 5.48. The Morgan fingerprint density at radius 1 is 1.11 bits per heavy atom. The molecule has 2 atom stereocenters. The highest BCUT2D eigenvalue weighted by molar-refractivity contribution is 7.92. The second kappa shape index (κ2) is 7.66. The molecule has 1 aliphatic heterocycles. The van der Waals surface area contributed by atoms with Crippen molar-refractivity contribution in [1.29, 1.82) is 0 Å². The number of piperidine rings is 1. The lowest BCUT2D eigenvalue weighted by atomic mass is 10.0. The summed E-state index contributed by atoms with van der Waals surface area (Å²) in [6, 6.07) is 16.0. The molecule has 1 fully saturated rings. The normalized spacial score (nSPS) is 20.7. The molecule has 1 aliphatic rings. The first-order chi connectivity index (χ1) is 12.8. The molecule has 2 aromatic rings. The summed E-state index contributed by atoms with van der Waals surface area (Å²) in [6.07, 6.45) is -0.466. The summed E-state index contributed by atoms with van der Waals surface area (Å²) in [5.41, 5.74) is 2.34. The van der Waals surface area contributed by atoms with Crippen LogP contribution in [-0.4, -0.2) is 37.7 Å². The van der Waals surface area contributed by atoms with Crippen LogP contribution in [0.2, 0.25) is 0 Å². The Hall–Kier alpha value is -2.44. The number of rotatable bonds is 5. The van der Waals surface area contributed by atoms with Gasteiger partial charge in [0.2, 0.25) is 5.91 Å². The molecule has 0 spiro atoms. The van der Waals surface area contributed by atoms with Crippen LogP contribution in [0.25, 0.3) is 0 Å². The predicted molar refractivity (Wildman–Crippen MR) is 104 cm³/mol. The Morgan fingerprint density at radius 3 is 2.33 bits per heavy atom. The lowest BCUT2D eigenvalue weighted by molar-refractivity contribution is -0.133. The van der Waals surface area contributed by atoms with Crippen molar-refractivity contribution in [3.8, 4) is 0 Å². The Bertz CT molecular complexity index is 936. The van der Waals surface area contributed by atoms with Gasteiger partial charge in [-0.1, -0.05) is 54.6 Å². The van der Waals surface area contributed by atoms with Gasteiger partial charge in [-0.3, -0.25) is 4.79 Å². The molecule has 0 unspecified atom stereocenters. The molecule has 1 amide bonds. The van der Waals surface area contributed by atoms with Crippen molar-refractivity contribution in [2.45, 2.75) is 36.1 Å². The van der Waals surface area contributed by atoms with Crippen LogP contribution < -0.4 is 0 Å². The van der Waals surface area contributed by atoms with E-state index in [0.717, 1.165) is 11.1 Å². The summed E-state index contributed by atoms with van der Waals surface area (Å²) in [6.45, 7) is 6.13. The van der Waals surface area contributed by atoms with Crippen molar-refractivity contribution in [3.05, 3.63) is 78.0 Å². The van der Waals surface area contributed by atoms with E-state index in [1.807, 2.05) is 37.3 Å². The van der Waals surface area contributed by atoms with E-state index in [-0.39, 0.29) is 17.9 Å². The van der Waals surface area contributed by atoms with Gasteiger partial charge >= 0.3 is 0 Å². The number of benzene rings is 2. The molecule has 5 nitrogen and oxygen atoms in total. The number of ether oxygens (including phenoxy) is 1. The average Bonchev–Trinajstić information content (AvgIpc) is 2.66. The minimum absolute atomic E-state index is 0.0651. The van der Waals surface area contributed by atoms with Crippen LogP contribution in [-0.2, 0) is 25.9 Å². The molecule has 1 saturated heterocycles. The number of nitrogens with zero attached hydrogens (tertiary/aromatic N) is 1. The Balaban J connectivity index is 1.96. The monoisotopic (exact) mass is 385 g/mol. The van der Waals surface area contributed by atoms with E-state index in [4.69, 9.17) is 4.74 Å². The highest BCUT2D eigenvalue weighted by atomic mass is 32.2. The topological polar surface area (TPSA) is 63.7 Å². The Labute approximate surface area is 160 Å². The van der Waals surface area contributed by atoms with Gasteiger partial charge in [0.15, 0.2) is 9.84 Å². The number of carbonyl (C=O) groups is 1. The van der Waals surface area contributed by atoms with Gasteiger partial charge in [-0.2, -0.15) is 0 Å². The largest absolute Gasteiger partial charge is 0.375 e. The van der Waals surface area contributed by atoms with Gasteiger partial charge in [0.05, 0.1) is 17.5 Å². The smallest absolute Gasteiger partial charge is 0.245 e. The summed E-state index contributed by atoms with van der Waals surface area (Å²) >= 11 is 0. The lowest BCUT2D eigenvalue weighted by Crippen LogP contribution is -2.51. The molecule has 0 saturated carbocycles. The molecule has 1 heterocycles. The summed E-state index contributed by atoms with van der Waals surface area (Å²) in [5, 5.41) is -1.20. The fraction of sp³-hybridized carbons (Fsp3) is 0.286. The van der Waals surface area contributed by atoms with E-state index in [1.54, 1.807) is 24.3 Å². The van der Waals surface area contributed by atoms with Crippen LogP contribution in [0.1, 0.15) is 17.5 Å². The van der Waals surface area contributed by atoms with Crippen molar-refractivity contribution >= 4 is 15.7 Å². The first kappa shape index (κ1) is 19.3. The summed E-state index contributed by atoms with van der Waals surface area (Å²) in [7, 11) is -2.33. The second-order valence-electron chi connectivity index (χ2n) is 6.71. The van der Waals surface area contributed by atoms with Crippen LogP contribution in [0.4, 0.5) is 0 Å². The third kappa shape index (κ3) is 3.82. The fourth-order valence-electron chi connectivity index (χ4n) is 3.25. The summed E-state index contributed by atoms with van der Waals surface area (Å²) in [5.74, 6) is -0.460. The van der Waals surface area contributed by atoms with Crippen molar-refractivity contribution < 1.29 is 17.9 Å². The minimum Gasteiger partial charge on any atom is -0.375 e. The quantitative estimate of drug-likeness (QED) is 0.793. The van der Waals surface area contributed by atoms with Crippen LogP contribution in [0, 0.1) is 6.92 Å². The van der Waals surface area contributed by atoms with E-state index >= 15 is 0 Å². The van der Waals surface area contributed by atoms with Gasteiger partial charge in [-0.25, -0.2) is 8.42 Å². The van der Waals surface area contributed by atoms with E-state index < -0.39 is 27.1 Å². The minimum atomic E-state index is -3.83. The van der Waals surface area contributed by atoms with Crippen molar-refractivity contribution in [1.82, 2.24) is 4.90 Å². The highest BCUT2D eigenvalue weighted by Crippen LogP contribution is 2.32. The van der Waals surface area contributed by atoms with E-state index in [2.05, 4.69) is 6.58 Å². The number of likely N-dealkylation sites (tertiary alicyclic amines) is 1. The highest BCUT2D eigenvalue weighted by Gasteiger charge is 2.44. The lowest BCUT2D eigenvalue weighted by Gasteiger charge is -2.38. The SMILES string of the molecule is C=C1[C@@H](OC)C[C@H](S(=O)(=O)c2ccc(C)cc2)C(=O)N1Cc1ccccc1. The van der Waals surface area contributed by atoms with Crippen molar-refractivity contribution in [2.24, 2.45) is 0 Å². The van der Waals surface area contributed by atoms with Crippen LogP contribution in [0.3, 0.4) is 0 Å². The molecule has 6 heteroatoms. The van der Waals surface area contributed by atoms with E-state index in [9.17, 15) is 13.2 Å². The molecule has 142 valence electrons. The maximum atomic E-state index is 13.1. The third-order valence-corrected chi connectivity index (χ3v) is 6.95. The van der Waals surface area contributed by atoms with Crippen LogP contribution in [0.15, 0.2) is 71.8 Å². The molecule has 0 N–H and O–H groups in total. The number of hydrogen-bond acceptors (Lipinski definition) is 4. The summed E-state index contributed by atoms with van der Waals surface area (Å²) < 4.78 is 31.7. The van der Waals surface area contributed by atoms with Gasteiger partial charge < -0.3 is 9.64 Å². The van der Waals surface area contributed by atoms with Gasteiger partial charge in [0.1, 0.15) is 5.25 Å². The molecule has 0 bridgehead atoms. The number of aryl methyl sites for hydroxylation is 1. The van der Waals surface area contributed by atoms with Crippen molar-refractivity contribution in [3.63, 3.8) is 0 Å². The number of carbonyl (C=O) groups excluding carboxylic acids is 1. The molecular formula is C21H23NO4S. The first-order valence-corrected chi connectivity index (χ1v) is 10.3. The number of sulfone groups is 1. The fourth-order valence-corrected chi connectivity index (χ4v) is 4.91. The molecule has 2 aromatic carbocycles. The third-order valence-electron chi connectivity index (χ3n) is 4.88. The van der Waals surface area contributed by atoms with Crippen LogP contribution >= 0.6 is 0 Å². The van der Waals surface area contributed by atoms with Gasteiger partial charge in [0, 0.05) is 19.2 Å². The predicted octanol–water partition coefficient (Wildman–Crippen LogP) is 3.10. The van der Waals surface area contributed by atoms with Gasteiger partial charge in [-0.15, -0.1) is 0 Å². The molecule has 0 aromatic heterocycles. The zero-order valence-electron chi connectivity index (χ0n) is 15.5. The number of amides is 1. The second-order valence-corrected chi connectivity index (χ2v) is 8.84. The maximum Gasteiger partial charge on any atom is 0.245 e. The molecule has 3 rings (SSSR count). The van der Waals surface area contributed by atoms with Crippen LogP contribution in [0.5, 0.6) is 0 Å². The molecule has 27 heavy (non-hydrogen) atoms. The van der Waals surface area contributed by atoms with E-state index in [1.165, 1.54) is 12.0 Å². The molecular weight excluding hydrogens is 362 g/mol.